The minimum atomic E-state index is 0.434. The highest BCUT2D eigenvalue weighted by Gasteiger charge is 2.21. The first-order chi connectivity index (χ1) is 10.3. The van der Waals surface area contributed by atoms with Crippen molar-refractivity contribution in [3.63, 3.8) is 0 Å². The predicted octanol–water partition coefficient (Wildman–Crippen LogP) is 5.10. The summed E-state index contributed by atoms with van der Waals surface area (Å²) in [7, 11) is 1.78. The molecule has 0 aromatic heterocycles. The molecule has 0 radical (unpaired) electrons. The van der Waals surface area contributed by atoms with Gasteiger partial charge in [-0.15, -0.1) is 0 Å². The topological polar surface area (TPSA) is 21.3 Å². The van der Waals surface area contributed by atoms with Gasteiger partial charge in [-0.05, 0) is 31.4 Å². The molecule has 118 valence electrons. The molecule has 2 heteroatoms. The molecule has 1 fully saturated rings. The zero-order valence-electron chi connectivity index (χ0n) is 13.7. The van der Waals surface area contributed by atoms with Crippen LogP contribution in [0.5, 0.6) is 5.75 Å². The van der Waals surface area contributed by atoms with Crippen molar-refractivity contribution in [3.8, 4) is 5.75 Å². The van der Waals surface area contributed by atoms with Gasteiger partial charge in [0.05, 0.1) is 7.11 Å². The summed E-state index contributed by atoms with van der Waals surface area (Å²) >= 11 is 0. The Labute approximate surface area is 130 Å². The maximum Gasteiger partial charge on any atom is 0.123 e. The van der Waals surface area contributed by atoms with Crippen molar-refractivity contribution in [3.05, 3.63) is 29.8 Å². The van der Waals surface area contributed by atoms with Crippen LogP contribution in [-0.4, -0.2) is 13.7 Å². The van der Waals surface area contributed by atoms with Crippen molar-refractivity contribution in [1.82, 2.24) is 5.32 Å². The number of nitrogens with one attached hydrogen (secondary N) is 1. The smallest absolute Gasteiger partial charge is 0.123 e. The van der Waals surface area contributed by atoms with E-state index in [-0.39, 0.29) is 0 Å². The van der Waals surface area contributed by atoms with Crippen molar-refractivity contribution >= 4 is 0 Å². The van der Waals surface area contributed by atoms with Gasteiger partial charge in [-0.3, -0.25) is 0 Å². The molecule has 0 aliphatic heterocycles. The third-order valence-electron chi connectivity index (χ3n) is 4.70. The van der Waals surface area contributed by atoms with E-state index in [9.17, 15) is 0 Å². The minimum Gasteiger partial charge on any atom is -0.496 e. The zero-order valence-corrected chi connectivity index (χ0v) is 13.7. The van der Waals surface area contributed by atoms with Gasteiger partial charge < -0.3 is 10.1 Å². The van der Waals surface area contributed by atoms with Gasteiger partial charge in [0.1, 0.15) is 5.75 Å². The van der Waals surface area contributed by atoms with E-state index in [1.807, 2.05) is 0 Å². The third-order valence-corrected chi connectivity index (χ3v) is 4.70. The molecule has 1 aliphatic rings. The number of ether oxygens (including phenoxy) is 1. The second-order valence-electron chi connectivity index (χ2n) is 6.34. The third kappa shape index (κ3) is 5.03. The Balaban J connectivity index is 2.09. The average Bonchev–Trinajstić information content (AvgIpc) is 2.80. The van der Waals surface area contributed by atoms with Crippen LogP contribution in [0.1, 0.15) is 69.9 Å². The van der Waals surface area contributed by atoms with Gasteiger partial charge in [0.15, 0.2) is 0 Å². The Bertz CT molecular complexity index is 396. The van der Waals surface area contributed by atoms with E-state index in [1.165, 1.54) is 56.9 Å². The molecule has 1 N–H and O–H groups in total. The summed E-state index contributed by atoms with van der Waals surface area (Å²) in [4.78, 5) is 0. The van der Waals surface area contributed by atoms with Crippen LogP contribution in [0.2, 0.25) is 0 Å². The van der Waals surface area contributed by atoms with E-state index < -0.39 is 0 Å². The average molecular weight is 289 g/mol. The van der Waals surface area contributed by atoms with Crippen molar-refractivity contribution in [2.45, 2.75) is 64.3 Å². The molecule has 0 heterocycles. The number of hydrogen-bond acceptors (Lipinski definition) is 2. The van der Waals surface area contributed by atoms with Crippen LogP contribution in [-0.2, 0) is 0 Å². The molecule has 2 rings (SSSR count). The molecule has 2 nitrogen and oxygen atoms in total. The molecule has 0 amide bonds. The van der Waals surface area contributed by atoms with Crippen LogP contribution in [0.25, 0.3) is 0 Å². The van der Waals surface area contributed by atoms with Crippen LogP contribution in [0, 0.1) is 5.92 Å². The Morgan fingerprint density at radius 2 is 1.86 bits per heavy atom. The first-order valence-electron chi connectivity index (χ1n) is 8.71. The van der Waals surface area contributed by atoms with Crippen molar-refractivity contribution < 1.29 is 4.74 Å². The van der Waals surface area contributed by atoms with E-state index >= 15 is 0 Å². The fraction of sp³-hybridized carbons (Fsp3) is 0.684. The summed E-state index contributed by atoms with van der Waals surface area (Å²) in [5.41, 5.74) is 1.33. The van der Waals surface area contributed by atoms with Crippen LogP contribution >= 0.6 is 0 Å². The zero-order chi connectivity index (χ0) is 14.9. The lowest BCUT2D eigenvalue weighted by Crippen LogP contribution is -2.25. The highest BCUT2D eigenvalue weighted by atomic mass is 16.5. The lowest BCUT2D eigenvalue weighted by atomic mass is 9.89. The van der Waals surface area contributed by atoms with Crippen LogP contribution in [0.15, 0.2) is 24.3 Å². The number of benzene rings is 1. The lowest BCUT2D eigenvalue weighted by molar-refractivity contribution is 0.343. The van der Waals surface area contributed by atoms with E-state index in [1.54, 1.807) is 7.11 Å². The monoisotopic (exact) mass is 289 g/mol. The SMILES string of the molecule is CCCNC(CC1CCCCCC1)c1ccccc1OC. The standard InChI is InChI=1S/C19H31NO/c1-3-14-20-18(15-16-10-6-4-5-7-11-16)17-12-8-9-13-19(17)21-2/h8-9,12-13,16,18,20H,3-7,10-11,14-15H2,1-2H3. The van der Waals surface area contributed by atoms with Crippen LogP contribution in [0.4, 0.5) is 0 Å². The van der Waals surface area contributed by atoms with E-state index in [2.05, 4.69) is 36.5 Å². The summed E-state index contributed by atoms with van der Waals surface area (Å²) in [5, 5.41) is 3.75. The molecule has 1 aromatic rings. The first-order valence-corrected chi connectivity index (χ1v) is 8.71. The van der Waals surface area contributed by atoms with Gasteiger partial charge in [-0.2, -0.15) is 0 Å². The van der Waals surface area contributed by atoms with E-state index in [0.29, 0.717) is 6.04 Å². The van der Waals surface area contributed by atoms with Gasteiger partial charge >= 0.3 is 0 Å². The Hall–Kier alpha value is -1.02. The second kappa shape index (κ2) is 9.09. The summed E-state index contributed by atoms with van der Waals surface area (Å²) in [6, 6.07) is 8.94. The lowest BCUT2D eigenvalue weighted by Gasteiger charge is -2.25. The van der Waals surface area contributed by atoms with Gasteiger partial charge in [-0.25, -0.2) is 0 Å². The molecular weight excluding hydrogens is 258 g/mol. The Morgan fingerprint density at radius 3 is 2.52 bits per heavy atom. The van der Waals surface area contributed by atoms with Gasteiger partial charge in [-0.1, -0.05) is 63.6 Å². The number of rotatable bonds is 7. The predicted molar refractivity (Wildman–Crippen MR) is 89.8 cm³/mol. The van der Waals surface area contributed by atoms with E-state index in [4.69, 9.17) is 4.74 Å². The molecule has 0 bridgehead atoms. The molecule has 0 saturated heterocycles. The maximum atomic E-state index is 5.58. The summed E-state index contributed by atoms with van der Waals surface area (Å²) < 4.78 is 5.58. The fourth-order valence-corrected chi connectivity index (χ4v) is 3.53. The molecule has 0 spiro atoms. The molecule has 1 saturated carbocycles. The van der Waals surface area contributed by atoms with Crippen molar-refractivity contribution in [1.29, 1.82) is 0 Å². The van der Waals surface area contributed by atoms with Crippen molar-refractivity contribution in [2.24, 2.45) is 5.92 Å². The number of hydrogen-bond donors (Lipinski definition) is 1. The quantitative estimate of drug-likeness (QED) is 0.705. The molecular formula is C19H31NO. The maximum absolute atomic E-state index is 5.58. The number of methoxy groups -OCH3 is 1. The van der Waals surface area contributed by atoms with Crippen LogP contribution < -0.4 is 10.1 Å². The minimum absolute atomic E-state index is 0.434. The van der Waals surface area contributed by atoms with Gasteiger partial charge in [0.25, 0.3) is 0 Å². The summed E-state index contributed by atoms with van der Waals surface area (Å²) in [5.74, 6) is 1.89. The Morgan fingerprint density at radius 1 is 1.14 bits per heavy atom. The largest absolute Gasteiger partial charge is 0.496 e. The second-order valence-corrected chi connectivity index (χ2v) is 6.34. The Kier molecular flexibility index (Phi) is 7.08. The summed E-state index contributed by atoms with van der Waals surface area (Å²) in [6.07, 6.45) is 10.9. The van der Waals surface area contributed by atoms with E-state index in [0.717, 1.165) is 18.2 Å². The van der Waals surface area contributed by atoms with Gasteiger partial charge in [0, 0.05) is 11.6 Å². The fourth-order valence-electron chi connectivity index (χ4n) is 3.53. The normalized spacial score (nSPS) is 18.2. The highest BCUT2D eigenvalue weighted by Crippen LogP contribution is 2.34. The molecule has 1 atom stereocenters. The molecule has 1 unspecified atom stereocenters. The van der Waals surface area contributed by atoms with Crippen molar-refractivity contribution in [2.75, 3.05) is 13.7 Å². The number of para-hydroxylation sites is 1. The first kappa shape index (κ1) is 16.4. The van der Waals surface area contributed by atoms with Crippen LogP contribution in [0.3, 0.4) is 0 Å². The van der Waals surface area contributed by atoms with Gasteiger partial charge in [0.2, 0.25) is 0 Å². The highest BCUT2D eigenvalue weighted by molar-refractivity contribution is 5.35. The molecule has 1 aliphatic carbocycles. The molecule has 21 heavy (non-hydrogen) atoms. The summed E-state index contributed by atoms with van der Waals surface area (Å²) in [6.45, 7) is 3.31. The molecule has 1 aromatic carbocycles.